The SMILES string of the molecule is Cc1ccc(C)c2c1ncn2CC(=O)N[C@@H](Cc1ccccc1)C(=O)N(C)c1ccccc1. The van der Waals surface area contributed by atoms with Gasteiger partial charge in [-0.2, -0.15) is 0 Å². The predicted molar refractivity (Wildman–Crippen MR) is 131 cm³/mol. The molecule has 4 aromatic rings. The van der Waals surface area contributed by atoms with Gasteiger partial charge in [0.2, 0.25) is 11.8 Å². The summed E-state index contributed by atoms with van der Waals surface area (Å²) in [7, 11) is 1.73. The number of para-hydroxylation sites is 1. The lowest BCUT2D eigenvalue weighted by molar-refractivity contribution is -0.127. The minimum atomic E-state index is -0.692. The van der Waals surface area contributed by atoms with E-state index in [1.54, 1.807) is 18.3 Å². The van der Waals surface area contributed by atoms with Crippen molar-refractivity contribution in [3.63, 3.8) is 0 Å². The van der Waals surface area contributed by atoms with Gasteiger partial charge < -0.3 is 14.8 Å². The molecular weight excluding hydrogens is 412 g/mol. The molecule has 33 heavy (non-hydrogen) atoms. The molecule has 2 amide bonds. The summed E-state index contributed by atoms with van der Waals surface area (Å²) in [5.74, 6) is -0.396. The number of aromatic nitrogens is 2. The first-order chi connectivity index (χ1) is 15.9. The fraction of sp³-hybridized carbons (Fsp3) is 0.222. The maximum Gasteiger partial charge on any atom is 0.249 e. The first kappa shape index (κ1) is 22.3. The van der Waals surface area contributed by atoms with Crippen LogP contribution in [0.4, 0.5) is 5.69 Å². The van der Waals surface area contributed by atoms with Crippen LogP contribution in [0.2, 0.25) is 0 Å². The third-order valence-electron chi connectivity index (χ3n) is 5.87. The highest BCUT2D eigenvalue weighted by atomic mass is 16.2. The van der Waals surface area contributed by atoms with Crippen molar-refractivity contribution in [1.29, 1.82) is 0 Å². The van der Waals surface area contributed by atoms with E-state index in [0.717, 1.165) is 33.4 Å². The lowest BCUT2D eigenvalue weighted by atomic mass is 10.0. The molecule has 0 saturated carbocycles. The van der Waals surface area contributed by atoms with Gasteiger partial charge in [0.25, 0.3) is 0 Å². The van der Waals surface area contributed by atoms with Gasteiger partial charge >= 0.3 is 0 Å². The molecule has 0 spiro atoms. The first-order valence-corrected chi connectivity index (χ1v) is 11.0. The highest BCUT2D eigenvalue weighted by Crippen LogP contribution is 2.21. The molecule has 1 aromatic heterocycles. The van der Waals surface area contributed by atoms with Crippen LogP contribution in [-0.4, -0.2) is 34.5 Å². The summed E-state index contributed by atoms with van der Waals surface area (Å²) in [4.78, 5) is 32.6. The maximum atomic E-state index is 13.4. The third kappa shape index (κ3) is 4.95. The molecular formula is C27H28N4O2. The van der Waals surface area contributed by atoms with Gasteiger partial charge in [-0.25, -0.2) is 4.98 Å². The Labute approximate surface area is 193 Å². The Bertz CT molecular complexity index is 1270. The van der Waals surface area contributed by atoms with Gasteiger partial charge in [-0.05, 0) is 42.7 Å². The summed E-state index contributed by atoms with van der Waals surface area (Å²) in [5, 5.41) is 2.97. The topological polar surface area (TPSA) is 67.2 Å². The van der Waals surface area contributed by atoms with Crippen molar-refractivity contribution < 1.29 is 9.59 Å². The lowest BCUT2D eigenvalue weighted by Crippen LogP contribution is -2.49. The monoisotopic (exact) mass is 440 g/mol. The molecule has 0 saturated heterocycles. The Balaban J connectivity index is 1.56. The molecule has 1 N–H and O–H groups in total. The zero-order valence-electron chi connectivity index (χ0n) is 19.2. The van der Waals surface area contributed by atoms with E-state index in [9.17, 15) is 9.59 Å². The number of aryl methyl sites for hydroxylation is 2. The molecule has 0 aliphatic rings. The standard InChI is InChI=1S/C27H28N4O2/c1-19-14-15-20(2)26-25(19)28-18-31(26)17-24(32)29-23(16-21-10-6-4-7-11-21)27(33)30(3)22-12-8-5-9-13-22/h4-15,18,23H,16-17H2,1-3H3,(H,29,32)/t23-/m0/s1. The number of fused-ring (bicyclic) bond motifs is 1. The normalized spacial score (nSPS) is 11.8. The second-order valence-electron chi connectivity index (χ2n) is 8.31. The molecule has 0 aliphatic heterocycles. The number of imidazole rings is 1. The van der Waals surface area contributed by atoms with Crippen molar-refractivity contribution in [2.24, 2.45) is 0 Å². The molecule has 0 radical (unpaired) electrons. The summed E-state index contributed by atoms with van der Waals surface area (Å²) in [6.07, 6.45) is 2.10. The van der Waals surface area contributed by atoms with Gasteiger partial charge in [0.05, 0.1) is 17.4 Å². The fourth-order valence-corrected chi connectivity index (χ4v) is 4.07. The summed E-state index contributed by atoms with van der Waals surface area (Å²) in [6.45, 7) is 4.11. The van der Waals surface area contributed by atoms with Crippen LogP contribution in [0.25, 0.3) is 11.0 Å². The second kappa shape index (κ2) is 9.69. The zero-order chi connectivity index (χ0) is 23.4. The molecule has 0 unspecified atom stereocenters. The minimum Gasteiger partial charge on any atom is -0.342 e. The van der Waals surface area contributed by atoms with Crippen molar-refractivity contribution in [1.82, 2.24) is 14.9 Å². The maximum absolute atomic E-state index is 13.4. The van der Waals surface area contributed by atoms with Gasteiger partial charge in [0.15, 0.2) is 0 Å². The van der Waals surface area contributed by atoms with Gasteiger partial charge in [-0.15, -0.1) is 0 Å². The molecule has 0 fully saturated rings. The van der Waals surface area contributed by atoms with Crippen LogP contribution in [0.1, 0.15) is 16.7 Å². The van der Waals surface area contributed by atoms with Crippen LogP contribution in [-0.2, 0) is 22.6 Å². The molecule has 1 heterocycles. The van der Waals surface area contributed by atoms with Crippen LogP contribution < -0.4 is 10.2 Å². The molecule has 1 atom stereocenters. The van der Waals surface area contributed by atoms with E-state index >= 15 is 0 Å². The zero-order valence-corrected chi connectivity index (χ0v) is 19.2. The molecule has 0 aliphatic carbocycles. The molecule has 0 bridgehead atoms. The first-order valence-electron chi connectivity index (χ1n) is 11.0. The number of rotatable bonds is 7. The Morgan fingerprint density at radius 3 is 2.27 bits per heavy atom. The van der Waals surface area contributed by atoms with Crippen LogP contribution in [0.5, 0.6) is 0 Å². The van der Waals surface area contributed by atoms with E-state index in [-0.39, 0.29) is 18.4 Å². The van der Waals surface area contributed by atoms with E-state index in [1.165, 1.54) is 0 Å². The van der Waals surface area contributed by atoms with E-state index in [0.29, 0.717) is 6.42 Å². The largest absolute Gasteiger partial charge is 0.342 e. The van der Waals surface area contributed by atoms with Crippen molar-refractivity contribution in [3.8, 4) is 0 Å². The molecule has 6 heteroatoms. The molecule has 4 rings (SSSR count). The lowest BCUT2D eigenvalue weighted by Gasteiger charge is -2.25. The van der Waals surface area contributed by atoms with Crippen LogP contribution in [0.15, 0.2) is 79.1 Å². The Kier molecular flexibility index (Phi) is 6.54. The van der Waals surface area contributed by atoms with Crippen LogP contribution >= 0.6 is 0 Å². The Morgan fingerprint density at radius 2 is 1.58 bits per heavy atom. The van der Waals surface area contributed by atoms with Crippen molar-refractivity contribution >= 4 is 28.5 Å². The number of carbonyl (C=O) groups is 2. The van der Waals surface area contributed by atoms with E-state index in [4.69, 9.17) is 0 Å². The minimum absolute atomic E-state index is 0.0917. The Hall–Kier alpha value is -3.93. The van der Waals surface area contributed by atoms with Crippen molar-refractivity contribution in [2.75, 3.05) is 11.9 Å². The summed E-state index contributed by atoms with van der Waals surface area (Å²) in [5.41, 5.74) is 5.72. The summed E-state index contributed by atoms with van der Waals surface area (Å²) >= 11 is 0. The fourth-order valence-electron chi connectivity index (χ4n) is 4.07. The van der Waals surface area contributed by atoms with Crippen molar-refractivity contribution in [3.05, 3.63) is 95.8 Å². The molecule has 3 aromatic carbocycles. The summed E-state index contributed by atoms with van der Waals surface area (Å²) < 4.78 is 1.85. The Morgan fingerprint density at radius 1 is 0.939 bits per heavy atom. The second-order valence-corrected chi connectivity index (χ2v) is 8.31. The number of benzene rings is 3. The number of hydrogen-bond donors (Lipinski definition) is 1. The van der Waals surface area contributed by atoms with Gasteiger partial charge in [0.1, 0.15) is 12.6 Å². The average molecular weight is 441 g/mol. The highest BCUT2D eigenvalue weighted by Gasteiger charge is 2.25. The molecule has 168 valence electrons. The number of nitrogens with zero attached hydrogens (tertiary/aromatic N) is 3. The number of likely N-dealkylation sites (N-methyl/N-ethyl adjacent to an activating group) is 1. The van der Waals surface area contributed by atoms with Crippen LogP contribution in [0, 0.1) is 13.8 Å². The number of hydrogen-bond acceptors (Lipinski definition) is 3. The van der Waals surface area contributed by atoms with Gasteiger partial charge in [0, 0.05) is 19.2 Å². The molecule has 6 nitrogen and oxygen atoms in total. The quantitative estimate of drug-likeness (QED) is 0.472. The van der Waals surface area contributed by atoms with E-state index in [2.05, 4.69) is 10.3 Å². The average Bonchev–Trinajstić information content (AvgIpc) is 3.26. The van der Waals surface area contributed by atoms with Crippen molar-refractivity contribution in [2.45, 2.75) is 32.9 Å². The van der Waals surface area contributed by atoms with Gasteiger partial charge in [-0.3, -0.25) is 9.59 Å². The smallest absolute Gasteiger partial charge is 0.249 e. The van der Waals surface area contributed by atoms with Crippen LogP contribution in [0.3, 0.4) is 0 Å². The number of anilines is 1. The predicted octanol–water partition coefficient (Wildman–Crippen LogP) is 4.04. The van der Waals surface area contributed by atoms with E-state index < -0.39 is 6.04 Å². The number of nitrogens with one attached hydrogen (secondary N) is 1. The summed E-state index contributed by atoms with van der Waals surface area (Å²) in [6, 6.07) is 22.5. The third-order valence-corrected chi connectivity index (χ3v) is 5.87. The highest BCUT2D eigenvalue weighted by molar-refractivity contribution is 5.99. The number of carbonyl (C=O) groups excluding carboxylic acids is 2. The van der Waals surface area contributed by atoms with E-state index in [1.807, 2.05) is 91.2 Å². The van der Waals surface area contributed by atoms with Gasteiger partial charge in [-0.1, -0.05) is 60.7 Å². The number of amides is 2.